The standard InChI is InChI=1S/C26H25N9/c1-33-11-9-20(31-33)19-14-29-26(27)24-21(32-35(25(19)24)18-8-10-28-13-18)6-2-16-3-7-23-22(12-16)30-15-34(23)17-4-5-17/h3,7,9,11-12,14-15,17-18,28H,4-5,8,10,13H2,1H3,(H2,27,29). The van der Waals surface area contributed by atoms with Crippen LogP contribution in [0.5, 0.6) is 0 Å². The van der Waals surface area contributed by atoms with Gasteiger partial charge in [-0.15, -0.1) is 0 Å². The summed E-state index contributed by atoms with van der Waals surface area (Å²) in [4.78, 5) is 9.09. The van der Waals surface area contributed by atoms with Crippen molar-refractivity contribution in [3.63, 3.8) is 0 Å². The van der Waals surface area contributed by atoms with E-state index in [0.717, 1.165) is 58.3 Å². The molecule has 1 atom stereocenters. The topological polar surface area (TPSA) is 104 Å². The molecule has 35 heavy (non-hydrogen) atoms. The van der Waals surface area contributed by atoms with E-state index in [1.165, 1.54) is 12.8 Å². The normalized spacial score (nSPS) is 17.8. The summed E-state index contributed by atoms with van der Waals surface area (Å²) in [5.41, 5.74) is 12.8. The Morgan fingerprint density at radius 2 is 1.97 bits per heavy atom. The number of anilines is 1. The lowest BCUT2D eigenvalue weighted by molar-refractivity contribution is 0.506. The van der Waals surface area contributed by atoms with Crippen molar-refractivity contribution in [3.05, 3.63) is 54.2 Å². The van der Waals surface area contributed by atoms with Gasteiger partial charge in [0, 0.05) is 43.2 Å². The second kappa shape index (κ2) is 7.68. The van der Waals surface area contributed by atoms with E-state index in [2.05, 4.69) is 53.6 Å². The van der Waals surface area contributed by atoms with Crippen LogP contribution in [0.3, 0.4) is 0 Å². The molecule has 5 heterocycles. The van der Waals surface area contributed by atoms with Crippen LogP contribution in [0.15, 0.2) is 43.0 Å². The molecule has 1 aliphatic heterocycles. The van der Waals surface area contributed by atoms with Crippen LogP contribution in [0.1, 0.15) is 42.6 Å². The number of fused-ring (bicyclic) bond motifs is 2. The molecular weight excluding hydrogens is 438 g/mol. The number of benzene rings is 1. The molecule has 4 aromatic heterocycles. The van der Waals surface area contributed by atoms with Crippen LogP contribution >= 0.6 is 0 Å². The molecule has 0 bridgehead atoms. The number of aromatic nitrogens is 7. The molecule has 9 heteroatoms. The molecule has 1 unspecified atom stereocenters. The van der Waals surface area contributed by atoms with Gasteiger partial charge in [0.25, 0.3) is 0 Å². The molecule has 5 aromatic rings. The van der Waals surface area contributed by atoms with Crippen molar-refractivity contribution in [1.82, 2.24) is 39.4 Å². The summed E-state index contributed by atoms with van der Waals surface area (Å²) in [5.74, 6) is 7.03. The number of aryl methyl sites for hydroxylation is 1. The lowest BCUT2D eigenvalue weighted by Gasteiger charge is -2.12. The molecule has 9 nitrogen and oxygen atoms in total. The van der Waals surface area contributed by atoms with E-state index in [1.807, 2.05) is 31.7 Å². The minimum atomic E-state index is 0.222. The SMILES string of the molecule is Cn1ccc(-c2cnc(N)c3c(C#Cc4ccc5c(c4)ncn5C4CC4)nn(C4CCNC4)c23)n1. The van der Waals surface area contributed by atoms with E-state index < -0.39 is 0 Å². The van der Waals surface area contributed by atoms with E-state index in [1.54, 1.807) is 10.9 Å². The fraction of sp³-hybridized carbons (Fsp3) is 0.308. The van der Waals surface area contributed by atoms with E-state index in [-0.39, 0.29) is 6.04 Å². The van der Waals surface area contributed by atoms with Crippen LogP contribution in [0.25, 0.3) is 33.2 Å². The van der Waals surface area contributed by atoms with Crippen LogP contribution < -0.4 is 11.1 Å². The summed E-state index contributed by atoms with van der Waals surface area (Å²) in [6.07, 6.45) is 9.12. The molecule has 1 aromatic carbocycles. The van der Waals surface area contributed by atoms with Crippen LogP contribution in [0.4, 0.5) is 5.82 Å². The Morgan fingerprint density at radius 3 is 2.74 bits per heavy atom. The molecule has 0 spiro atoms. The third-order valence-electron chi connectivity index (χ3n) is 6.96. The van der Waals surface area contributed by atoms with E-state index in [9.17, 15) is 0 Å². The van der Waals surface area contributed by atoms with Gasteiger partial charge in [0.15, 0.2) is 0 Å². The minimum absolute atomic E-state index is 0.222. The zero-order valence-corrected chi connectivity index (χ0v) is 19.4. The molecule has 174 valence electrons. The lowest BCUT2D eigenvalue weighted by atomic mass is 10.1. The van der Waals surface area contributed by atoms with Gasteiger partial charge in [0.05, 0.1) is 40.0 Å². The molecule has 0 amide bonds. The third-order valence-corrected chi connectivity index (χ3v) is 6.96. The molecular formula is C26H25N9. The molecule has 2 aliphatic rings. The maximum Gasteiger partial charge on any atom is 0.147 e. The molecule has 3 N–H and O–H groups in total. The summed E-state index contributed by atoms with van der Waals surface area (Å²) in [6.45, 7) is 1.81. The van der Waals surface area contributed by atoms with E-state index in [0.29, 0.717) is 17.6 Å². The Morgan fingerprint density at radius 1 is 1.06 bits per heavy atom. The summed E-state index contributed by atoms with van der Waals surface area (Å²) < 4.78 is 6.13. The second-order valence-corrected chi connectivity index (χ2v) is 9.43. The van der Waals surface area contributed by atoms with Gasteiger partial charge in [0.2, 0.25) is 0 Å². The van der Waals surface area contributed by atoms with Crippen molar-refractivity contribution < 1.29 is 0 Å². The summed E-state index contributed by atoms with van der Waals surface area (Å²) >= 11 is 0. The highest BCUT2D eigenvalue weighted by Crippen LogP contribution is 2.37. The van der Waals surface area contributed by atoms with E-state index in [4.69, 9.17) is 10.8 Å². The quantitative estimate of drug-likeness (QED) is 0.399. The number of nitrogens with one attached hydrogen (secondary N) is 1. The van der Waals surface area contributed by atoms with Gasteiger partial charge in [-0.1, -0.05) is 5.92 Å². The predicted octanol–water partition coefficient (Wildman–Crippen LogP) is 3.03. The zero-order chi connectivity index (χ0) is 23.5. The van der Waals surface area contributed by atoms with Crippen LogP contribution in [-0.4, -0.2) is 47.2 Å². The Balaban J connectivity index is 1.37. The number of imidazole rings is 1. The number of nitrogens with two attached hydrogens (primary N) is 1. The number of nitrogen functional groups attached to an aromatic ring is 1. The Bertz CT molecular complexity index is 1650. The highest BCUT2D eigenvalue weighted by molar-refractivity contribution is 6.01. The fourth-order valence-corrected chi connectivity index (χ4v) is 5.03. The van der Waals surface area contributed by atoms with Gasteiger partial charge < -0.3 is 15.6 Å². The molecule has 7 rings (SSSR count). The summed E-state index contributed by atoms with van der Waals surface area (Å²) in [5, 5.41) is 13.8. The summed E-state index contributed by atoms with van der Waals surface area (Å²) in [6, 6.07) is 9.01. The Hall–Kier alpha value is -4.16. The Kier molecular flexibility index (Phi) is 4.44. The number of rotatable bonds is 3. The van der Waals surface area contributed by atoms with Crippen molar-refractivity contribution in [2.75, 3.05) is 18.8 Å². The highest BCUT2D eigenvalue weighted by Gasteiger charge is 2.26. The van der Waals surface area contributed by atoms with E-state index >= 15 is 0 Å². The largest absolute Gasteiger partial charge is 0.383 e. The average Bonchev–Trinajstić information content (AvgIpc) is 3.27. The van der Waals surface area contributed by atoms with Crippen molar-refractivity contribution in [2.45, 2.75) is 31.3 Å². The first-order valence-corrected chi connectivity index (χ1v) is 12.0. The van der Waals surface area contributed by atoms with Crippen LogP contribution in [-0.2, 0) is 7.05 Å². The number of pyridine rings is 1. The van der Waals surface area contributed by atoms with Gasteiger partial charge in [-0.25, -0.2) is 9.97 Å². The summed E-state index contributed by atoms with van der Waals surface area (Å²) in [7, 11) is 1.91. The Labute approximate surface area is 202 Å². The molecule has 1 saturated heterocycles. The van der Waals surface area contributed by atoms with Gasteiger partial charge >= 0.3 is 0 Å². The second-order valence-electron chi connectivity index (χ2n) is 9.43. The van der Waals surface area contributed by atoms with Crippen LogP contribution in [0.2, 0.25) is 0 Å². The average molecular weight is 464 g/mol. The van der Waals surface area contributed by atoms with Crippen LogP contribution in [0, 0.1) is 11.8 Å². The molecule has 1 aliphatic carbocycles. The zero-order valence-electron chi connectivity index (χ0n) is 19.4. The van der Waals surface area contributed by atoms with Crippen molar-refractivity contribution >= 4 is 27.8 Å². The maximum atomic E-state index is 6.42. The third kappa shape index (κ3) is 3.37. The molecule has 0 radical (unpaired) electrons. The first-order chi connectivity index (χ1) is 17.2. The van der Waals surface area contributed by atoms with Gasteiger partial charge in [-0.3, -0.25) is 9.36 Å². The smallest absolute Gasteiger partial charge is 0.147 e. The molecule has 2 fully saturated rings. The fourth-order valence-electron chi connectivity index (χ4n) is 5.03. The predicted molar refractivity (Wildman–Crippen MR) is 135 cm³/mol. The molecule has 1 saturated carbocycles. The van der Waals surface area contributed by atoms with Gasteiger partial charge in [-0.05, 0) is 56.0 Å². The first-order valence-electron chi connectivity index (χ1n) is 12.0. The maximum absolute atomic E-state index is 6.42. The van der Waals surface area contributed by atoms with Crippen molar-refractivity contribution in [3.8, 4) is 23.1 Å². The lowest BCUT2D eigenvalue weighted by Crippen LogP contribution is -2.15. The van der Waals surface area contributed by atoms with Gasteiger partial charge in [0.1, 0.15) is 11.5 Å². The highest BCUT2D eigenvalue weighted by atomic mass is 15.3. The van der Waals surface area contributed by atoms with Gasteiger partial charge in [-0.2, -0.15) is 10.2 Å². The number of hydrogen-bond donors (Lipinski definition) is 2. The van der Waals surface area contributed by atoms with Crippen molar-refractivity contribution in [1.29, 1.82) is 0 Å². The number of nitrogens with zero attached hydrogens (tertiary/aromatic N) is 7. The first kappa shape index (κ1) is 20.2. The number of hydrogen-bond acceptors (Lipinski definition) is 6. The monoisotopic (exact) mass is 463 g/mol. The minimum Gasteiger partial charge on any atom is -0.383 e. The van der Waals surface area contributed by atoms with Crippen molar-refractivity contribution in [2.24, 2.45) is 7.05 Å².